The van der Waals surface area contributed by atoms with Gasteiger partial charge < -0.3 is 10.2 Å². The van der Waals surface area contributed by atoms with Gasteiger partial charge in [0.2, 0.25) is 23.1 Å². The molecule has 1 aromatic carbocycles. The van der Waals surface area contributed by atoms with E-state index in [4.69, 9.17) is 0 Å². The lowest BCUT2D eigenvalue weighted by molar-refractivity contribution is -0.117. The third-order valence-corrected chi connectivity index (χ3v) is 6.16. The summed E-state index contributed by atoms with van der Waals surface area (Å²) in [6.07, 6.45) is 6.29. The zero-order chi connectivity index (χ0) is 23.2. The Kier molecular flexibility index (Phi) is 7.38. The molecule has 1 saturated heterocycles. The van der Waals surface area contributed by atoms with Gasteiger partial charge in [-0.2, -0.15) is 4.31 Å². The van der Waals surface area contributed by atoms with Gasteiger partial charge in [-0.25, -0.2) is 14.2 Å². The van der Waals surface area contributed by atoms with Crippen LogP contribution in [0.25, 0.3) is 0 Å². The summed E-state index contributed by atoms with van der Waals surface area (Å²) in [5.74, 6) is 0.666. The summed E-state index contributed by atoms with van der Waals surface area (Å²) in [6.45, 7) is 1.05. The lowest BCUT2D eigenvalue weighted by Crippen LogP contribution is -2.23. The molecule has 9 nitrogen and oxygen atoms in total. The summed E-state index contributed by atoms with van der Waals surface area (Å²) in [4.78, 5) is 27.0. The van der Waals surface area contributed by atoms with Crippen molar-refractivity contribution in [2.45, 2.75) is 32.2 Å². The molecular weight excluding hydrogens is 440 g/mol. The van der Waals surface area contributed by atoms with Gasteiger partial charge in [0, 0.05) is 49.5 Å². The number of hydrogen-bond acceptors (Lipinski definition) is 6. The van der Waals surface area contributed by atoms with Crippen LogP contribution < -0.4 is 10.2 Å². The Labute approximate surface area is 195 Å². The fourth-order valence-corrected chi connectivity index (χ4v) is 3.97. The van der Waals surface area contributed by atoms with E-state index in [9.17, 15) is 13.6 Å². The highest BCUT2D eigenvalue weighted by atomic mass is 32.2. The second-order valence-corrected chi connectivity index (χ2v) is 8.90. The van der Waals surface area contributed by atoms with Crippen molar-refractivity contribution in [3.8, 4) is 0 Å². The van der Waals surface area contributed by atoms with Crippen LogP contribution in [-0.2, 0) is 35.4 Å². The van der Waals surface area contributed by atoms with Crippen molar-refractivity contribution in [3.05, 3.63) is 71.8 Å². The Bertz CT molecular complexity index is 1140. The molecule has 1 amide bonds. The number of pyridine rings is 1. The summed E-state index contributed by atoms with van der Waals surface area (Å²) in [6, 6.07) is 13.4. The molecule has 0 saturated carbocycles. The summed E-state index contributed by atoms with van der Waals surface area (Å²) in [7, 11) is 1.58. The van der Waals surface area contributed by atoms with E-state index in [0.717, 1.165) is 41.3 Å². The van der Waals surface area contributed by atoms with Crippen molar-refractivity contribution < 1.29 is 13.6 Å². The molecule has 1 fully saturated rings. The van der Waals surface area contributed by atoms with Gasteiger partial charge in [-0.3, -0.25) is 14.3 Å². The van der Waals surface area contributed by atoms with Crippen molar-refractivity contribution in [3.63, 3.8) is 0 Å². The highest BCUT2D eigenvalue weighted by Gasteiger charge is 2.21. The zero-order valence-corrected chi connectivity index (χ0v) is 19.2. The monoisotopic (exact) mass is 466 g/mol. The van der Waals surface area contributed by atoms with E-state index in [0.29, 0.717) is 25.2 Å². The van der Waals surface area contributed by atoms with Crippen LogP contribution >= 0.6 is 0 Å². The molecule has 2 N–H and O–H groups in total. The Hall–Kier alpha value is -3.21. The Morgan fingerprint density at radius 3 is 2.67 bits per heavy atom. The first-order valence-corrected chi connectivity index (χ1v) is 11.8. The highest BCUT2D eigenvalue weighted by Crippen LogP contribution is 2.24. The number of anilines is 3. The van der Waals surface area contributed by atoms with E-state index in [1.807, 2.05) is 47.4 Å². The second-order valence-electron chi connectivity index (χ2n) is 7.82. The average molecular weight is 467 g/mol. The maximum atomic E-state index is 11.9. The smallest absolute Gasteiger partial charge is 0.234 e. The minimum Gasteiger partial charge on any atom is -0.324 e. The maximum Gasteiger partial charge on any atom is 0.234 e. The first-order chi connectivity index (χ1) is 16.0. The fraction of sp³-hybridized carbons (Fsp3) is 0.304. The molecule has 1 aliphatic heterocycles. The van der Waals surface area contributed by atoms with Gasteiger partial charge in [-0.1, -0.05) is 6.07 Å². The van der Waals surface area contributed by atoms with Crippen LogP contribution in [0.4, 0.5) is 17.3 Å². The number of nitrogens with one attached hydrogen (secondary N) is 1. The van der Waals surface area contributed by atoms with Crippen LogP contribution in [0.5, 0.6) is 0 Å². The number of carbonyl (C=O) groups is 1. The predicted octanol–water partition coefficient (Wildman–Crippen LogP) is 3.10. The maximum absolute atomic E-state index is 11.9. The van der Waals surface area contributed by atoms with Crippen molar-refractivity contribution in [1.29, 1.82) is 0 Å². The molecule has 3 aromatic rings. The summed E-state index contributed by atoms with van der Waals surface area (Å²) in [5.41, 5.74) is 4.40. The fourth-order valence-electron chi connectivity index (χ4n) is 3.74. The largest absolute Gasteiger partial charge is 0.324 e. The lowest BCUT2D eigenvalue weighted by Gasteiger charge is -2.16. The predicted molar refractivity (Wildman–Crippen MR) is 127 cm³/mol. The number of nitrogens with zero attached hydrogens (tertiary/aromatic N) is 5. The molecule has 1 unspecified atom stereocenters. The van der Waals surface area contributed by atoms with Crippen molar-refractivity contribution >= 4 is 34.5 Å². The quantitative estimate of drug-likeness (QED) is 0.466. The average Bonchev–Trinajstić information content (AvgIpc) is 3.25. The SMILES string of the molecule is CN(Cc1ncccc1CCc1ccnc(Nc2ccc(N3CCCC3=O)cc2)n1)S(=O)O. The molecule has 1 aliphatic rings. The molecule has 0 radical (unpaired) electrons. The van der Waals surface area contributed by atoms with E-state index in [1.165, 1.54) is 4.31 Å². The van der Waals surface area contributed by atoms with E-state index in [2.05, 4.69) is 20.3 Å². The molecule has 1 atom stereocenters. The van der Waals surface area contributed by atoms with Crippen LogP contribution in [-0.4, -0.2) is 47.5 Å². The van der Waals surface area contributed by atoms with Crippen LogP contribution in [0, 0.1) is 0 Å². The third-order valence-electron chi connectivity index (χ3n) is 5.50. The number of carbonyl (C=O) groups excluding carboxylic acids is 1. The van der Waals surface area contributed by atoms with E-state index >= 15 is 0 Å². The summed E-state index contributed by atoms with van der Waals surface area (Å²) in [5, 5.41) is 3.22. The molecular formula is C23H26N6O3S. The molecule has 10 heteroatoms. The molecule has 0 bridgehead atoms. The molecule has 0 spiro atoms. The van der Waals surface area contributed by atoms with Gasteiger partial charge in [0.1, 0.15) is 0 Å². The van der Waals surface area contributed by atoms with E-state index in [-0.39, 0.29) is 12.5 Å². The van der Waals surface area contributed by atoms with Crippen molar-refractivity contribution in [1.82, 2.24) is 19.3 Å². The lowest BCUT2D eigenvalue weighted by atomic mass is 10.1. The van der Waals surface area contributed by atoms with Crippen molar-refractivity contribution in [2.75, 3.05) is 23.8 Å². The molecule has 172 valence electrons. The summed E-state index contributed by atoms with van der Waals surface area (Å²) >= 11 is -2.04. The van der Waals surface area contributed by atoms with Gasteiger partial charge in [-0.15, -0.1) is 0 Å². The topological polar surface area (TPSA) is 112 Å². The highest BCUT2D eigenvalue weighted by molar-refractivity contribution is 7.76. The Morgan fingerprint density at radius 2 is 1.94 bits per heavy atom. The minimum absolute atomic E-state index is 0.166. The zero-order valence-electron chi connectivity index (χ0n) is 18.3. The number of hydrogen-bond donors (Lipinski definition) is 2. The number of amides is 1. The molecule has 4 rings (SSSR count). The van der Waals surface area contributed by atoms with Gasteiger partial charge in [0.05, 0.1) is 12.2 Å². The Balaban J connectivity index is 1.39. The second kappa shape index (κ2) is 10.6. The third kappa shape index (κ3) is 5.98. The summed E-state index contributed by atoms with van der Waals surface area (Å²) < 4.78 is 21.8. The first-order valence-electron chi connectivity index (χ1n) is 10.7. The normalized spacial score (nSPS) is 14.6. The first kappa shape index (κ1) is 23.0. The standard InChI is InChI=1S/C23H26N6O3S/c1-28(33(31)32)16-21-17(4-2-13-24-21)6-7-19-12-14-25-23(27-19)26-18-8-10-20(11-9-18)29-15-3-5-22(29)30/h2,4,8-14H,3,5-7,15-16H2,1H3,(H,31,32)(H,25,26,27). The van der Waals surface area contributed by atoms with Gasteiger partial charge in [0.25, 0.3) is 0 Å². The van der Waals surface area contributed by atoms with Crippen molar-refractivity contribution in [2.24, 2.45) is 0 Å². The number of rotatable bonds is 9. The van der Waals surface area contributed by atoms with Gasteiger partial charge in [0.15, 0.2) is 0 Å². The van der Waals surface area contributed by atoms with E-state index < -0.39 is 11.3 Å². The number of aromatic nitrogens is 3. The van der Waals surface area contributed by atoms with Crippen LogP contribution in [0.2, 0.25) is 0 Å². The molecule has 2 aromatic heterocycles. The van der Waals surface area contributed by atoms with Gasteiger partial charge in [-0.05, 0) is 61.2 Å². The number of benzene rings is 1. The van der Waals surface area contributed by atoms with Gasteiger partial charge >= 0.3 is 0 Å². The van der Waals surface area contributed by atoms with Crippen LogP contribution in [0.3, 0.4) is 0 Å². The Morgan fingerprint density at radius 1 is 1.12 bits per heavy atom. The molecule has 0 aliphatic carbocycles. The molecule has 33 heavy (non-hydrogen) atoms. The number of aryl methyl sites for hydroxylation is 2. The van der Waals surface area contributed by atoms with Crippen LogP contribution in [0.1, 0.15) is 29.8 Å². The van der Waals surface area contributed by atoms with Crippen LogP contribution in [0.15, 0.2) is 54.9 Å². The molecule has 3 heterocycles. The van der Waals surface area contributed by atoms with E-state index in [1.54, 1.807) is 19.4 Å². The minimum atomic E-state index is -2.04.